The van der Waals surface area contributed by atoms with Crippen molar-refractivity contribution in [3.8, 4) is 0 Å². The van der Waals surface area contributed by atoms with Gasteiger partial charge in [0, 0.05) is 22.5 Å². The van der Waals surface area contributed by atoms with Gasteiger partial charge in [-0.2, -0.15) is 0 Å². The van der Waals surface area contributed by atoms with E-state index in [2.05, 4.69) is 66.3 Å². The van der Waals surface area contributed by atoms with E-state index in [1.54, 1.807) is 0 Å². The third-order valence-corrected chi connectivity index (χ3v) is 5.04. The van der Waals surface area contributed by atoms with Crippen LogP contribution >= 0.6 is 15.9 Å². The van der Waals surface area contributed by atoms with Gasteiger partial charge >= 0.3 is 0 Å². The third kappa shape index (κ3) is 3.41. The molecule has 0 saturated heterocycles. The predicted octanol–water partition coefficient (Wildman–Crippen LogP) is 4.90. The van der Waals surface area contributed by atoms with Crippen molar-refractivity contribution in [1.29, 1.82) is 0 Å². The van der Waals surface area contributed by atoms with Crippen molar-refractivity contribution in [2.45, 2.75) is 57.9 Å². The Morgan fingerprint density at radius 2 is 2.00 bits per heavy atom. The molecule has 1 fully saturated rings. The Bertz CT molecular complexity index is 407. The predicted molar refractivity (Wildman–Crippen MR) is 86.6 cm³/mol. The van der Waals surface area contributed by atoms with Crippen molar-refractivity contribution in [2.75, 3.05) is 6.54 Å². The molecule has 0 spiro atoms. The normalized spacial score (nSPS) is 26.5. The maximum atomic E-state index is 3.74. The topological polar surface area (TPSA) is 12.0 Å². The molecule has 1 aromatic rings. The highest BCUT2D eigenvalue weighted by Gasteiger charge is 2.45. The maximum Gasteiger partial charge on any atom is 0.0213 e. The van der Waals surface area contributed by atoms with Crippen LogP contribution in [0.15, 0.2) is 28.7 Å². The van der Waals surface area contributed by atoms with Crippen LogP contribution in [0.4, 0.5) is 0 Å². The van der Waals surface area contributed by atoms with Crippen LogP contribution in [0.1, 0.15) is 52.0 Å². The molecular formula is C17H26BrN. The summed E-state index contributed by atoms with van der Waals surface area (Å²) >= 11 is 3.74. The van der Waals surface area contributed by atoms with E-state index in [0.717, 1.165) is 12.5 Å². The first-order chi connectivity index (χ1) is 9.07. The molecule has 1 aromatic carbocycles. The lowest BCUT2D eigenvalue weighted by molar-refractivity contribution is 0.125. The molecule has 1 aliphatic rings. The Hall–Kier alpha value is -0.340. The standard InChI is InChI=1S/C17H26BrN/c1-4-7-14-10-17(11-14,12-19-13(2)3)15-8-5-6-9-16(15)18/h5-6,8-9,13-14,19H,4,7,10-12H2,1-3H3. The Morgan fingerprint density at radius 3 is 2.58 bits per heavy atom. The number of hydrogen-bond donors (Lipinski definition) is 1. The van der Waals surface area contributed by atoms with Crippen molar-refractivity contribution in [1.82, 2.24) is 5.32 Å². The number of halogens is 1. The Morgan fingerprint density at radius 1 is 1.32 bits per heavy atom. The van der Waals surface area contributed by atoms with Gasteiger partial charge in [0.15, 0.2) is 0 Å². The first kappa shape index (κ1) is 15.1. The molecule has 0 radical (unpaired) electrons. The quantitative estimate of drug-likeness (QED) is 0.785. The largest absolute Gasteiger partial charge is 0.314 e. The molecule has 0 atom stereocenters. The van der Waals surface area contributed by atoms with Gasteiger partial charge in [0.05, 0.1) is 0 Å². The molecular weight excluding hydrogens is 298 g/mol. The number of hydrogen-bond acceptors (Lipinski definition) is 1. The molecule has 0 aliphatic heterocycles. The van der Waals surface area contributed by atoms with Crippen LogP contribution in [-0.2, 0) is 5.41 Å². The SMILES string of the molecule is CCCC1CC(CNC(C)C)(c2ccccc2Br)C1. The third-order valence-electron chi connectivity index (χ3n) is 4.35. The van der Waals surface area contributed by atoms with Crippen LogP contribution in [0, 0.1) is 5.92 Å². The second-order valence-electron chi connectivity index (χ2n) is 6.36. The lowest BCUT2D eigenvalue weighted by Crippen LogP contribution is -2.50. The van der Waals surface area contributed by atoms with Crippen LogP contribution in [0.2, 0.25) is 0 Å². The molecule has 0 aromatic heterocycles. The van der Waals surface area contributed by atoms with E-state index in [9.17, 15) is 0 Å². The lowest BCUT2D eigenvalue weighted by atomic mass is 9.57. The molecule has 0 amide bonds. The van der Waals surface area contributed by atoms with Gasteiger partial charge in [0.2, 0.25) is 0 Å². The van der Waals surface area contributed by atoms with Crippen LogP contribution in [-0.4, -0.2) is 12.6 Å². The van der Waals surface area contributed by atoms with E-state index in [-0.39, 0.29) is 0 Å². The fraction of sp³-hybridized carbons (Fsp3) is 0.647. The summed E-state index contributed by atoms with van der Waals surface area (Å²) in [6.45, 7) is 7.87. The zero-order valence-corrected chi connectivity index (χ0v) is 14.0. The van der Waals surface area contributed by atoms with E-state index >= 15 is 0 Å². The molecule has 0 bridgehead atoms. The van der Waals surface area contributed by atoms with Gasteiger partial charge < -0.3 is 5.32 Å². The minimum atomic E-state index is 0.351. The van der Waals surface area contributed by atoms with Gasteiger partial charge in [-0.15, -0.1) is 0 Å². The van der Waals surface area contributed by atoms with Crippen LogP contribution in [0.25, 0.3) is 0 Å². The van der Waals surface area contributed by atoms with Crippen molar-refractivity contribution >= 4 is 15.9 Å². The summed E-state index contributed by atoms with van der Waals surface area (Å²) in [6.07, 6.45) is 5.37. The van der Waals surface area contributed by atoms with Gasteiger partial charge in [0.1, 0.15) is 0 Å². The fourth-order valence-corrected chi connectivity index (χ4v) is 4.11. The van der Waals surface area contributed by atoms with Crippen molar-refractivity contribution in [2.24, 2.45) is 5.92 Å². The molecule has 106 valence electrons. The van der Waals surface area contributed by atoms with Gasteiger partial charge in [-0.05, 0) is 30.4 Å². The van der Waals surface area contributed by atoms with Crippen molar-refractivity contribution < 1.29 is 0 Å². The summed E-state index contributed by atoms with van der Waals surface area (Å²) in [5, 5.41) is 3.66. The second kappa shape index (κ2) is 6.41. The average molecular weight is 324 g/mol. The first-order valence-electron chi connectivity index (χ1n) is 7.56. The molecule has 1 N–H and O–H groups in total. The highest BCUT2D eigenvalue weighted by molar-refractivity contribution is 9.10. The minimum absolute atomic E-state index is 0.351. The first-order valence-corrected chi connectivity index (χ1v) is 8.35. The summed E-state index contributed by atoms with van der Waals surface area (Å²) in [4.78, 5) is 0. The Labute approximate surface area is 126 Å². The van der Waals surface area contributed by atoms with Crippen LogP contribution in [0.5, 0.6) is 0 Å². The summed E-state index contributed by atoms with van der Waals surface area (Å²) in [5.41, 5.74) is 1.85. The Balaban J connectivity index is 2.14. The number of nitrogens with one attached hydrogen (secondary N) is 1. The van der Waals surface area contributed by atoms with Gasteiger partial charge in [-0.1, -0.05) is 67.7 Å². The molecule has 1 nitrogen and oxygen atoms in total. The zero-order chi connectivity index (χ0) is 13.9. The Kier molecular flexibility index (Phi) is 5.08. The highest BCUT2D eigenvalue weighted by Crippen LogP contribution is 2.51. The van der Waals surface area contributed by atoms with Crippen LogP contribution < -0.4 is 5.32 Å². The molecule has 0 heterocycles. The molecule has 1 saturated carbocycles. The van der Waals surface area contributed by atoms with Gasteiger partial charge in [-0.3, -0.25) is 0 Å². The monoisotopic (exact) mass is 323 g/mol. The molecule has 2 heteroatoms. The number of benzene rings is 1. The number of rotatable bonds is 6. The van der Waals surface area contributed by atoms with E-state index < -0.39 is 0 Å². The maximum absolute atomic E-state index is 3.74. The van der Waals surface area contributed by atoms with Crippen LogP contribution in [0.3, 0.4) is 0 Å². The van der Waals surface area contributed by atoms with E-state index in [4.69, 9.17) is 0 Å². The second-order valence-corrected chi connectivity index (χ2v) is 7.21. The van der Waals surface area contributed by atoms with E-state index in [1.807, 2.05) is 0 Å². The molecule has 0 unspecified atom stereocenters. The van der Waals surface area contributed by atoms with Gasteiger partial charge in [0.25, 0.3) is 0 Å². The van der Waals surface area contributed by atoms with E-state index in [0.29, 0.717) is 11.5 Å². The van der Waals surface area contributed by atoms with E-state index in [1.165, 1.54) is 35.7 Å². The fourth-order valence-electron chi connectivity index (χ4n) is 3.41. The minimum Gasteiger partial charge on any atom is -0.314 e. The molecule has 2 rings (SSSR count). The molecule has 19 heavy (non-hydrogen) atoms. The summed E-state index contributed by atoms with van der Waals surface area (Å²) in [6, 6.07) is 9.32. The van der Waals surface area contributed by atoms with Gasteiger partial charge in [-0.25, -0.2) is 0 Å². The summed E-state index contributed by atoms with van der Waals surface area (Å²) < 4.78 is 1.27. The average Bonchev–Trinajstić information content (AvgIpc) is 2.33. The van der Waals surface area contributed by atoms with Crippen molar-refractivity contribution in [3.63, 3.8) is 0 Å². The zero-order valence-electron chi connectivity index (χ0n) is 12.4. The summed E-state index contributed by atoms with van der Waals surface area (Å²) in [7, 11) is 0. The summed E-state index contributed by atoms with van der Waals surface area (Å²) in [5.74, 6) is 0.922. The lowest BCUT2D eigenvalue weighted by Gasteiger charge is -2.49. The highest BCUT2D eigenvalue weighted by atomic mass is 79.9. The molecule has 1 aliphatic carbocycles. The van der Waals surface area contributed by atoms with Crippen molar-refractivity contribution in [3.05, 3.63) is 34.3 Å². The smallest absolute Gasteiger partial charge is 0.0213 e.